The number of hydrogen-bond acceptors (Lipinski definition) is 8. The van der Waals surface area contributed by atoms with E-state index in [1.807, 2.05) is 28.5 Å². The molecular weight excluding hydrogens is 398 g/mol. The zero-order valence-electron chi connectivity index (χ0n) is 14.8. The zero-order valence-corrected chi connectivity index (χ0v) is 17.3. The van der Waals surface area contributed by atoms with Crippen molar-refractivity contribution in [2.75, 3.05) is 25.6 Å². The number of hydrogen-bond donors (Lipinski definition) is 0. The van der Waals surface area contributed by atoms with Gasteiger partial charge in [0.1, 0.15) is 11.6 Å². The maximum Gasteiger partial charge on any atom is 0.325 e. The van der Waals surface area contributed by atoms with Gasteiger partial charge in [0.25, 0.3) is 0 Å². The number of benzene rings is 1. The number of carbonyl (C=O) groups is 1. The maximum absolute atomic E-state index is 11.9. The van der Waals surface area contributed by atoms with Gasteiger partial charge in [-0.2, -0.15) is 0 Å². The quantitative estimate of drug-likeness (QED) is 0.680. The Kier molecular flexibility index (Phi) is 5.03. The molecule has 2 aliphatic heterocycles. The number of thioether (sulfide) groups is 2. The number of ether oxygens (including phenoxy) is 1. The molecule has 0 aliphatic carbocycles. The molecule has 0 N–H and O–H groups in total. The SMILES string of the molecule is C=C1/C(=C2\Sc3ccccc3N2C)S/C(=C\c2nccs2)N1CC(=O)OC. The van der Waals surface area contributed by atoms with Gasteiger partial charge in [0.05, 0.1) is 33.5 Å². The molecule has 0 unspecified atom stereocenters. The number of rotatable bonds is 3. The van der Waals surface area contributed by atoms with Crippen molar-refractivity contribution in [3.8, 4) is 0 Å². The molecule has 1 aromatic carbocycles. The Bertz CT molecular complexity index is 966. The first kappa shape index (κ1) is 18.2. The largest absolute Gasteiger partial charge is 0.468 e. The van der Waals surface area contributed by atoms with Gasteiger partial charge in [-0.1, -0.05) is 42.2 Å². The van der Waals surface area contributed by atoms with Gasteiger partial charge in [-0.25, -0.2) is 4.98 Å². The second-order valence-electron chi connectivity index (χ2n) is 5.83. The molecule has 8 heteroatoms. The molecule has 2 aromatic rings. The number of aromatic nitrogens is 1. The van der Waals surface area contributed by atoms with Crippen LogP contribution in [0.5, 0.6) is 0 Å². The molecule has 3 heterocycles. The molecule has 1 aromatic heterocycles. The second-order valence-corrected chi connectivity index (χ2v) is 8.81. The molecule has 0 bridgehead atoms. The number of thiazole rings is 1. The van der Waals surface area contributed by atoms with Crippen LogP contribution in [0.4, 0.5) is 5.69 Å². The Morgan fingerprint density at radius 1 is 1.33 bits per heavy atom. The smallest absolute Gasteiger partial charge is 0.325 e. The van der Waals surface area contributed by atoms with Gasteiger partial charge >= 0.3 is 5.97 Å². The third-order valence-electron chi connectivity index (χ3n) is 4.21. The molecule has 0 spiro atoms. The fraction of sp³-hybridized carbons (Fsp3) is 0.158. The number of nitrogens with zero attached hydrogens (tertiary/aromatic N) is 3. The van der Waals surface area contributed by atoms with E-state index in [1.54, 1.807) is 41.1 Å². The summed E-state index contributed by atoms with van der Waals surface area (Å²) >= 11 is 4.89. The molecule has 5 nitrogen and oxygen atoms in total. The first-order chi connectivity index (χ1) is 13.1. The van der Waals surface area contributed by atoms with Crippen LogP contribution in [-0.2, 0) is 9.53 Å². The van der Waals surface area contributed by atoms with Crippen LogP contribution in [0.15, 0.2) is 68.0 Å². The Labute approximate surface area is 170 Å². The second kappa shape index (κ2) is 7.46. The number of methoxy groups -OCH3 is 1. The fourth-order valence-corrected chi connectivity index (χ4v) is 5.94. The van der Waals surface area contributed by atoms with Crippen LogP contribution in [-0.4, -0.2) is 36.6 Å². The van der Waals surface area contributed by atoms with Crippen molar-refractivity contribution >= 4 is 52.6 Å². The van der Waals surface area contributed by atoms with Crippen molar-refractivity contribution in [3.05, 3.63) is 68.1 Å². The highest BCUT2D eigenvalue weighted by atomic mass is 32.2. The van der Waals surface area contributed by atoms with E-state index in [0.717, 1.165) is 25.7 Å². The Morgan fingerprint density at radius 2 is 2.15 bits per heavy atom. The summed E-state index contributed by atoms with van der Waals surface area (Å²) in [5, 5.41) is 4.86. The number of carbonyl (C=O) groups excluding carboxylic acids is 1. The molecule has 0 amide bonds. The summed E-state index contributed by atoms with van der Waals surface area (Å²) in [4.78, 5) is 22.6. The van der Waals surface area contributed by atoms with Crippen molar-refractivity contribution < 1.29 is 9.53 Å². The lowest BCUT2D eigenvalue weighted by Gasteiger charge is -2.19. The molecule has 0 saturated carbocycles. The number of fused-ring (bicyclic) bond motifs is 1. The third kappa shape index (κ3) is 3.40. The van der Waals surface area contributed by atoms with Crippen LogP contribution in [0, 0.1) is 0 Å². The number of para-hydroxylation sites is 1. The monoisotopic (exact) mass is 415 g/mol. The van der Waals surface area contributed by atoms with Crippen LogP contribution >= 0.6 is 34.9 Å². The van der Waals surface area contributed by atoms with Gasteiger partial charge < -0.3 is 14.5 Å². The van der Waals surface area contributed by atoms with Crippen LogP contribution in [0.2, 0.25) is 0 Å². The predicted octanol–water partition coefficient (Wildman–Crippen LogP) is 4.59. The Balaban J connectivity index is 1.73. The predicted molar refractivity (Wildman–Crippen MR) is 113 cm³/mol. The molecule has 1 saturated heterocycles. The normalized spacial score (nSPS) is 20.5. The van der Waals surface area contributed by atoms with Crippen molar-refractivity contribution in [2.24, 2.45) is 0 Å². The summed E-state index contributed by atoms with van der Waals surface area (Å²) in [6, 6.07) is 8.31. The third-order valence-corrected chi connectivity index (χ3v) is 7.47. The van der Waals surface area contributed by atoms with Crippen molar-refractivity contribution in [1.29, 1.82) is 0 Å². The van der Waals surface area contributed by atoms with Crippen LogP contribution in [0.3, 0.4) is 0 Å². The van der Waals surface area contributed by atoms with E-state index in [-0.39, 0.29) is 12.5 Å². The first-order valence-corrected chi connectivity index (χ1v) is 10.7. The molecule has 4 rings (SSSR count). The lowest BCUT2D eigenvalue weighted by molar-refractivity contribution is -0.140. The fourth-order valence-electron chi connectivity index (χ4n) is 2.83. The van der Waals surface area contributed by atoms with E-state index in [1.165, 1.54) is 17.7 Å². The summed E-state index contributed by atoms with van der Waals surface area (Å²) in [5.74, 6) is -0.302. The van der Waals surface area contributed by atoms with E-state index in [0.29, 0.717) is 0 Å². The highest BCUT2D eigenvalue weighted by molar-refractivity contribution is 8.09. The van der Waals surface area contributed by atoms with Crippen molar-refractivity contribution in [3.63, 3.8) is 0 Å². The van der Waals surface area contributed by atoms with Gasteiger partial charge in [-0.3, -0.25) is 4.79 Å². The standard InChI is InChI=1S/C19H17N3O2S3/c1-12-18(19-21(2)13-6-4-5-7-14(13)26-19)27-16(10-15-20-8-9-25-15)22(12)11-17(23)24-3/h4-10H,1,11H2,2-3H3/b16-10-,19-18+. The minimum absolute atomic E-state index is 0.123. The van der Waals surface area contributed by atoms with Gasteiger partial charge in [-0.15, -0.1) is 11.3 Å². The van der Waals surface area contributed by atoms with E-state index < -0.39 is 0 Å². The summed E-state index contributed by atoms with van der Waals surface area (Å²) in [6.45, 7) is 4.39. The van der Waals surface area contributed by atoms with E-state index in [9.17, 15) is 4.79 Å². The average molecular weight is 416 g/mol. The molecule has 0 radical (unpaired) electrons. The maximum atomic E-state index is 11.9. The van der Waals surface area contributed by atoms with E-state index in [2.05, 4.69) is 35.6 Å². The molecule has 0 atom stereocenters. The average Bonchev–Trinajstić information content (AvgIpc) is 3.37. The molecule has 138 valence electrons. The Hall–Kier alpha value is -2.16. The van der Waals surface area contributed by atoms with Crippen molar-refractivity contribution in [1.82, 2.24) is 9.88 Å². The van der Waals surface area contributed by atoms with Gasteiger partial charge in [-0.05, 0) is 12.1 Å². The lowest BCUT2D eigenvalue weighted by Crippen LogP contribution is -2.25. The number of anilines is 1. The van der Waals surface area contributed by atoms with Gasteiger partial charge in [0.2, 0.25) is 0 Å². The molecular formula is C19H17N3O2S3. The summed E-state index contributed by atoms with van der Waals surface area (Å²) in [7, 11) is 3.46. The lowest BCUT2D eigenvalue weighted by atomic mass is 10.3. The minimum atomic E-state index is -0.302. The minimum Gasteiger partial charge on any atom is -0.468 e. The highest BCUT2D eigenvalue weighted by Crippen LogP contribution is 2.54. The summed E-state index contributed by atoms with van der Waals surface area (Å²) < 4.78 is 4.87. The zero-order chi connectivity index (χ0) is 19.0. The van der Waals surface area contributed by atoms with Gasteiger partial charge in [0.15, 0.2) is 0 Å². The van der Waals surface area contributed by atoms with Crippen LogP contribution in [0.25, 0.3) is 6.08 Å². The van der Waals surface area contributed by atoms with Gasteiger partial charge in [0, 0.05) is 29.6 Å². The topological polar surface area (TPSA) is 45.7 Å². The van der Waals surface area contributed by atoms with Crippen LogP contribution < -0.4 is 4.90 Å². The molecule has 1 fully saturated rings. The Morgan fingerprint density at radius 3 is 2.85 bits per heavy atom. The molecule has 2 aliphatic rings. The highest BCUT2D eigenvalue weighted by Gasteiger charge is 2.35. The summed E-state index contributed by atoms with van der Waals surface area (Å²) in [5.41, 5.74) is 1.98. The number of esters is 1. The van der Waals surface area contributed by atoms with E-state index >= 15 is 0 Å². The van der Waals surface area contributed by atoms with Crippen molar-refractivity contribution in [2.45, 2.75) is 4.90 Å². The van der Waals surface area contributed by atoms with E-state index in [4.69, 9.17) is 4.74 Å². The summed E-state index contributed by atoms with van der Waals surface area (Å²) in [6.07, 6.45) is 3.76. The van der Waals surface area contributed by atoms with Crippen LogP contribution in [0.1, 0.15) is 5.01 Å². The molecule has 27 heavy (non-hydrogen) atoms. The first-order valence-electron chi connectivity index (χ1n) is 8.16.